The fraction of sp³-hybridized carbons (Fsp3) is 0.500. The van der Waals surface area contributed by atoms with Crippen molar-refractivity contribution in [1.29, 1.82) is 0 Å². The van der Waals surface area contributed by atoms with Crippen molar-refractivity contribution in [2.24, 2.45) is 0 Å². The van der Waals surface area contributed by atoms with Crippen LogP contribution < -0.4 is 5.32 Å². The minimum absolute atomic E-state index is 0.213. The van der Waals surface area contributed by atoms with Gasteiger partial charge in [-0.05, 0) is 44.2 Å². The molecule has 1 aliphatic rings. The van der Waals surface area contributed by atoms with E-state index in [0.29, 0.717) is 0 Å². The maximum atomic E-state index is 4.31. The molecule has 0 saturated carbocycles. The Morgan fingerprint density at radius 3 is 2.86 bits per heavy atom. The van der Waals surface area contributed by atoms with Gasteiger partial charge in [-0.3, -0.25) is 0 Å². The molecule has 2 unspecified atom stereocenters. The number of hydrogen-bond acceptors (Lipinski definition) is 4. The monoisotopic (exact) mass is 302 g/mol. The van der Waals surface area contributed by atoms with Gasteiger partial charge in [0.1, 0.15) is 0 Å². The minimum Gasteiger partial charge on any atom is -0.308 e. The molecule has 1 aliphatic heterocycles. The number of para-hydroxylation sites is 1. The van der Waals surface area contributed by atoms with Gasteiger partial charge in [-0.1, -0.05) is 30.3 Å². The lowest BCUT2D eigenvalue weighted by Crippen LogP contribution is -2.38. The van der Waals surface area contributed by atoms with Gasteiger partial charge >= 0.3 is 0 Å². The molecule has 1 fully saturated rings. The second-order valence-electron chi connectivity index (χ2n) is 5.66. The van der Waals surface area contributed by atoms with Crippen molar-refractivity contribution in [3.8, 4) is 5.69 Å². The van der Waals surface area contributed by atoms with Gasteiger partial charge in [0.15, 0.2) is 0 Å². The van der Waals surface area contributed by atoms with Crippen LogP contribution in [-0.2, 0) is 0 Å². The van der Waals surface area contributed by atoms with E-state index < -0.39 is 0 Å². The zero-order chi connectivity index (χ0) is 14.7. The summed E-state index contributed by atoms with van der Waals surface area (Å²) >= 11 is 2.06. The van der Waals surface area contributed by atoms with E-state index in [-0.39, 0.29) is 10.8 Å². The Morgan fingerprint density at radius 2 is 2.19 bits per heavy atom. The summed E-state index contributed by atoms with van der Waals surface area (Å²) < 4.78 is 2.18. The Hall–Kier alpha value is -1.33. The van der Waals surface area contributed by atoms with Crippen molar-refractivity contribution in [1.82, 2.24) is 20.3 Å². The Kier molecular flexibility index (Phi) is 4.31. The van der Waals surface area contributed by atoms with Gasteiger partial charge < -0.3 is 5.32 Å². The second-order valence-corrected chi connectivity index (χ2v) is 7.29. The van der Waals surface area contributed by atoms with Gasteiger partial charge in [0.05, 0.1) is 23.6 Å². The standard InChI is InChI=1S/C16H22N4S/c1-3-17-15(16(2)10-7-11-21-16)14-12-18-19-20(14)13-8-5-4-6-9-13/h4-6,8-9,12,15,17H,3,7,10-11H2,1-2H3. The quantitative estimate of drug-likeness (QED) is 0.921. The zero-order valence-electron chi connectivity index (χ0n) is 12.6. The molecule has 21 heavy (non-hydrogen) atoms. The van der Waals surface area contributed by atoms with Crippen LogP contribution in [0.4, 0.5) is 0 Å². The highest BCUT2D eigenvalue weighted by molar-refractivity contribution is 8.00. The van der Waals surface area contributed by atoms with Gasteiger partial charge in [0.2, 0.25) is 0 Å². The number of nitrogens with one attached hydrogen (secondary N) is 1. The Balaban J connectivity index is 1.99. The predicted molar refractivity (Wildman–Crippen MR) is 87.9 cm³/mol. The topological polar surface area (TPSA) is 42.7 Å². The van der Waals surface area contributed by atoms with Gasteiger partial charge in [0.25, 0.3) is 0 Å². The molecule has 2 heterocycles. The second kappa shape index (κ2) is 6.20. The molecule has 4 nitrogen and oxygen atoms in total. The number of nitrogens with zero attached hydrogens (tertiary/aromatic N) is 3. The Labute approximate surface area is 130 Å². The summed E-state index contributed by atoms with van der Waals surface area (Å²) in [5.74, 6) is 1.24. The van der Waals surface area contributed by atoms with E-state index in [1.807, 2.05) is 29.1 Å². The molecule has 1 aromatic heterocycles. The van der Waals surface area contributed by atoms with E-state index in [1.165, 1.54) is 18.6 Å². The molecule has 1 N–H and O–H groups in total. The first-order valence-corrected chi connectivity index (χ1v) is 8.56. The molecular weight excluding hydrogens is 280 g/mol. The predicted octanol–water partition coefficient (Wildman–Crippen LogP) is 3.20. The van der Waals surface area contributed by atoms with Crippen molar-refractivity contribution in [3.05, 3.63) is 42.2 Å². The fourth-order valence-corrected chi connectivity index (χ4v) is 4.49. The Morgan fingerprint density at radius 1 is 1.38 bits per heavy atom. The highest BCUT2D eigenvalue weighted by Gasteiger charge is 2.40. The molecular formula is C16H22N4S. The molecule has 0 amide bonds. The minimum atomic E-state index is 0.213. The molecule has 0 radical (unpaired) electrons. The molecule has 0 bridgehead atoms. The van der Waals surface area contributed by atoms with E-state index >= 15 is 0 Å². The third-order valence-electron chi connectivity index (χ3n) is 4.14. The van der Waals surface area contributed by atoms with Crippen LogP contribution in [0.2, 0.25) is 0 Å². The fourth-order valence-electron chi connectivity index (χ4n) is 3.08. The average molecular weight is 302 g/mol. The molecule has 5 heteroatoms. The molecule has 3 rings (SSSR count). The first-order chi connectivity index (χ1) is 10.2. The number of thioether (sulfide) groups is 1. The lowest BCUT2D eigenvalue weighted by atomic mass is 9.93. The van der Waals surface area contributed by atoms with Crippen LogP contribution in [-0.4, -0.2) is 32.0 Å². The molecule has 2 aromatic rings. The van der Waals surface area contributed by atoms with Gasteiger partial charge in [0, 0.05) is 4.75 Å². The summed E-state index contributed by atoms with van der Waals surface area (Å²) in [4.78, 5) is 0. The third kappa shape index (κ3) is 2.85. The smallest absolute Gasteiger partial charge is 0.0829 e. The number of hydrogen-bond donors (Lipinski definition) is 1. The number of rotatable bonds is 5. The molecule has 2 atom stereocenters. The maximum absolute atomic E-state index is 4.31. The van der Waals surface area contributed by atoms with Gasteiger partial charge in [-0.15, -0.1) is 5.10 Å². The van der Waals surface area contributed by atoms with Crippen molar-refractivity contribution in [2.45, 2.75) is 37.5 Å². The van der Waals surface area contributed by atoms with E-state index in [9.17, 15) is 0 Å². The summed E-state index contributed by atoms with van der Waals surface area (Å²) in [5, 5.41) is 12.1. The average Bonchev–Trinajstić information content (AvgIpc) is 3.15. The van der Waals surface area contributed by atoms with E-state index in [4.69, 9.17) is 0 Å². The molecule has 0 spiro atoms. The van der Waals surface area contributed by atoms with Crippen molar-refractivity contribution in [3.63, 3.8) is 0 Å². The highest BCUT2D eigenvalue weighted by atomic mass is 32.2. The molecule has 1 aromatic carbocycles. The normalized spacial score (nSPS) is 23.3. The van der Waals surface area contributed by atoms with Crippen LogP contribution in [0.3, 0.4) is 0 Å². The van der Waals surface area contributed by atoms with Crippen LogP contribution in [0, 0.1) is 0 Å². The summed E-state index contributed by atoms with van der Waals surface area (Å²) in [6, 6.07) is 10.5. The van der Waals surface area contributed by atoms with Gasteiger partial charge in [-0.2, -0.15) is 11.8 Å². The summed E-state index contributed by atoms with van der Waals surface area (Å²) in [7, 11) is 0. The summed E-state index contributed by atoms with van der Waals surface area (Å²) in [5.41, 5.74) is 2.22. The van der Waals surface area contributed by atoms with Crippen molar-refractivity contribution >= 4 is 11.8 Å². The highest BCUT2D eigenvalue weighted by Crippen LogP contribution is 2.46. The maximum Gasteiger partial charge on any atom is 0.0829 e. The van der Waals surface area contributed by atoms with Crippen molar-refractivity contribution < 1.29 is 0 Å². The molecule has 112 valence electrons. The summed E-state index contributed by atoms with van der Waals surface area (Å²) in [6.45, 7) is 5.47. The van der Waals surface area contributed by atoms with Crippen LogP contribution >= 0.6 is 11.8 Å². The SMILES string of the molecule is CCNC(c1cnnn1-c1ccccc1)C1(C)CCCS1. The van der Waals surface area contributed by atoms with Crippen LogP contribution in [0.25, 0.3) is 5.69 Å². The lowest BCUT2D eigenvalue weighted by Gasteiger charge is -2.33. The van der Waals surface area contributed by atoms with E-state index in [1.54, 1.807) is 0 Å². The largest absolute Gasteiger partial charge is 0.308 e. The summed E-state index contributed by atoms with van der Waals surface area (Å²) in [6.07, 6.45) is 4.43. The first kappa shape index (κ1) is 14.6. The van der Waals surface area contributed by atoms with Crippen LogP contribution in [0.5, 0.6) is 0 Å². The first-order valence-electron chi connectivity index (χ1n) is 7.58. The lowest BCUT2D eigenvalue weighted by molar-refractivity contribution is 0.406. The Bertz CT molecular complexity index is 575. The van der Waals surface area contributed by atoms with Crippen LogP contribution in [0.1, 0.15) is 38.4 Å². The number of benzene rings is 1. The molecule has 0 aliphatic carbocycles. The van der Waals surface area contributed by atoms with Crippen LogP contribution in [0.15, 0.2) is 36.5 Å². The zero-order valence-corrected chi connectivity index (χ0v) is 13.4. The molecule has 1 saturated heterocycles. The van der Waals surface area contributed by atoms with E-state index in [2.05, 4.69) is 53.4 Å². The van der Waals surface area contributed by atoms with Crippen molar-refractivity contribution in [2.75, 3.05) is 12.3 Å². The van der Waals surface area contributed by atoms with Gasteiger partial charge in [-0.25, -0.2) is 4.68 Å². The number of aromatic nitrogens is 3. The van der Waals surface area contributed by atoms with E-state index in [0.717, 1.165) is 17.9 Å². The third-order valence-corrected chi connectivity index (χ3v) is 5.73.